The van der Waals surface area contributed by atoms with Crippen LogP contribution in [-0.2, 0) is 6.54 Å². The molecule has 0 unspecified atom stereocenters. The number of rotatable bonds is 4. The van der Waals surface area contributed by atoms with Crippen LogP contribution in [0.4, 0.5) is 10.1 Å². The highest BCUT2D eigenvalue weighted by Crippen LogP contribution is 2.16. The highest BCUT2D eigenvalue weighted by molar-refractivity contribution is 5.51. The molecule has 0 aliphatic rings. The molecule has 0 fully saturated rings. The first kappa shape index (κ1) is 13.2. The topological polar surface area (TPSA) is 55.6 Å². The van der Waals surface area contributed by atoms with E-state index in [-0.39, 0.29) is 5.82 Å². The summed E-state index contributed by atoms with van der Waals surface area (Å²) < 4.78 is 15.3. The zero-order valence-electron chi connectivity index (χ0n) is 11.5. The lowest BCUT2D eigenvalue weighted by atomic mass is 10.1. The number of halogens is 1. The van der Waals surface area contributed by atoms with Crippen molar-refractivity contribution in [2.75, 3.05) is 5.32 Å². The lowest BCUT2D eigenvalue weighted by Gasteiger charge is -2.09. The van der Waals surface area contributed by atoms with Crippen molar-refractivity contribution in [1.29, 1.82) is 0 Å². The van der Waals surface area contributed by atoms with Gasteiger partial charge in [0, 0.05) is 17.8 Å². The number of nitrogens with zero attached hydrogens (tertiary/aromatic N) is 4. The fraction of sp³-hybridized carbons (Fsp3) is 0.133. The zero-order valence-corrected chi connectivity index (χ0v) is 11.5. The first-order valence-corrected chi connectivity index (χ1v) is 6.55. The second-order valence-corrected chi connectivity index (χ2v) is 4.75. The lowest BCUT2D eigenvalue weighted by molar-refractivity contribution is 0.612. The Kier molecular flexibility index (Phi) is 3.59. The summed E-state index contributed by atoms with van der Waals surface area (Å²) in [5.41, 5.74) is 3.40. The molecule has 2 aromatic carbocycles. The summed E-state index contributed by atoms with van der Waals surface area (Å²) in [5, 5.41) is 14.3. The van der Waals surface area contributed by atoms with Crippen molar-refractivity contribution < 1.29 is 4.39 Å². The molecule has 6 heteroatoms. The highest BCUT2D eigenvalue weighted by Gasteiger charge is 2.03. The van der Waals surface area contributed by atoms with Crippen LogP contribution >= 0.6 is 0 Å². The minimum absolute atomic E-state index is 0.204. The number of aryl methyl sites for hydroxylation is 1. The van der Waals surface area contributed by atoms with E-state index in [1.165, 1.54) is 12.4 Å². The summed E-state index contributed by atoms with van der Waals surface area (Å²) in [6.45, 7) is 2.37. The average Bonchev–Trinajstić information content (AvgIpc) is 3.03. The molecule has 0 amide bonds. The predicted molar refractivity (Wildman–Crippen MR) is 77.6 cm³/mol. The molecule has 1 heterocycles. The Morgan fingerprint density at radius 3 is 2.90 bits per heavy atom. The predicted octanol–water partition coefficient (Wildman–Crippen LogP) is 2.72. The van der Waals surface area contributed by atoms with Crippen LogP contribution in [0, 0.1) is 12.7 Å². The summed E-state index contributed by atoms with van der Waals surface area (Å²) in [5.74, 6) is -0.204. The Hall–Kier alpha value is -2.76. The SMILES string of the molecule is Cc1ccc(F)c(CNc2cccc(-n3cnnn3)c2)c1. The van der Waals surface area contributed by atoms with Crippen LogP contribution in [0.1, 0.15) is 11.1 Å². The molecule has 1 aromatic heterocycles. The van der Waals surface area contributed by atoms with Crippen LogP contribution in [0.3, 0.4) is 0 Å². The van der Waals surface area contributed by atoms with Gasteiger partial charge in [-0.3, -0.25) is 0 Å². The second kappa shape index (κ2) is 5.70. The Balaban J connectivity index is 1.76. The van der Waals surface area contributed by atoms with E-state index in [1.807, 2.05) is 37.3 Å². The van der Waals surface area contributed by atoms with Crippen LogP contribution in [-0.4, -0.2) is 20.2 Å². The van der Waals surface area contributed by atoms with E-state index in [9.17, 15) is 4.39 Å². The first-order chi connectivity index (χ1) is 10.2. The lowest BCUT2D eigenvalue weighted by Crippen LogP contribution is -2.03. The Morgan fingerprint density at radius 1 is 1.19 bits per heavy atom. The van der Waals surface area contributed by atoms with E-state index < -0.39 is 0 Å². The number of aromatic nitrogens is 4. The van der Waals surface area contributed by atoms with Gasteiger partial charge in [0.25, 0.3) is 0 Å². The third-order valence-corrected chi connectivity index (χ3v) is 3.14. The molecular weight excluding hydrogens is 269 g/mol. The summed E-state index contributed by atoms with van der Waals surface area (Å²) >= 11 is 0. The highest BCUT2D eigenvalue weighted by atomic mass is 19.1. The van der Waals surface area contributed by atoms with Gasteiger partial charge in [-0.05, 0) is 41.6 Å². The van der Waals surface area contributed by atoms with E-state index in [0.29, 0.717) is 12.1 Å². The van der Waals surface area contributed by atoms with Crippen molar-refractivity contribution in [1.82, 2.24) is 20.2 Å². The van der Waals surface area contributed by atoms with Crippen molar-refractivity contribution in [3.63, 3.8) is 0 Å². The number of hydrogen-bond donors (Lipinski definition) is 1. The van der Waals surface area contributed by atoms with Crippen molar-refractivity contribution >= 4 is 5.69 Å². The monoisotopic (exact) mass is 283 g/mol. The number of tetrazole rings is 1. The van der Waals surface area contributed by atoms with Gasteiger partial charge in [0.05, 0.1) is 5.69 Å². The molecule has 1 N–H and O–H groups in total. The van der Waals surface area contributed by atoms with E-state index in [0.717, 1.165) is 16.9 Å². The van der Waals surface area contributed by atoms with E-state index >= 15 is 0 Å². The van der Waals surface area contributed by atoms with Gasteiger partial charge in [-0.1, -0.05) is 23.8 Å². The number of hydrogen-bond acceptors (Lipinski definition) is 4. The summed E-state index contributed by atoms with van der Waals surface area (Å²) in [4.78, 5) is 0. The van der Waals surface area contributed by atoms with E-state index in [1.54, 1.807) is 10.7 Å². The van der Waals surface area contributed by atoms with E-state index in [4.69, 9.17) is 0 Å². The number of nitrogens with one attached hydrogen (secondary N) is 1. The molecule has 0 aliphatic heterocycles. The van der Waals surface area contributed by atoms with Gasteiger partial charge >= 0.3 is 0 Å². The summed E-state index contributed by atoms with van der Waals surface area (Å²) in [6, 6.07) is 12.7. The average molecular weight is 283 g/mol. The maximum absolute atomic E-state index is 13.7. The third-order valence-electron chi connectivity index (χ3n) is 3.14. The van der Waals surface area contributed by atoms with Crippen molar-refractivity contribution in [2.24, 2.45) is 0 Å². The second-order valence-electron chi connectivity index (χ2n) is 4.75. The molecule has 0 saturated carbocycles. The molecule has 5 nitrogen and oxygen atoms in total. The van der Waals surface area contributed by atoms with Crippen LogP contribution in [0.15, 0.2) is 48.8 Å². The van der Waals surface area contributed by atoms with Crippen molar-refractivity contribution in [2.45, 2.75) is 13.5 Å². The van der Waals surface area contributed by atoms with Crippen LogP contribution in [0.5, 0.6) is 0 Å². The fourth-order valence-electron chi connectivity index (χ4n) is 2.07. The molecule has 21 heavy (non-hydrogen) atoms. The van der Waals surface area contributed by atoms with Gasteiger partial charge in [-0.15, -0.1) is 5.10 Å². The van der Waals surface area contributed by atoms with Gasteiger partial charge < -0.3 is 5.32 Å². The molecule has 0 radical (unpaired) electrons. The maximum atomic E-state index is 13.7. The zero-order chi connectivity index (χ0) is 14.7. The van der Waals surface area contributed by atoms with Crippen LogP contribution in [0.2, 0.25) is 0 Å². The third kappa shape index (κ3) is 3.05. The first-order valence-electron chi connectivity index (χ1n) is 6.55. The molecule has 0 saturated heterocycles. The van der Waals surface area contributed by atoms with Crippen LogP contribution in [0.25, 0.3) is 5.69 Å². The largest absolute Gasteiger partial charge is 0.381 e. The molecule has 0 bridgehead atoms. The van der Waals surface area contributed by atoms with Gasteiger partial charge in [0.1, 0.15) is 12.1 Å². The Labute approximate surface area is 121 Å². The standard InChI is InChI=1S/C15H14FN5/c1-11-5-6-15(16)12(7-11)9-17-13-3-2-4-14(8-13)21-10-18-19-20-21/h2-8,10,17H,9H2,1H3. The molecule has 3 rings (SSSR count). The van der Waals surface area contributed by atoms with Gasteiger partial charge in [0.2, 0.25) is 0 Å². The molecule has 106 valence electrons. The normalized spacial score (nSPS) is 10.6. The molecule has 3 aromatic rings. The molecule has 0 spiro atoms. The number of anilines is 1. The smallest absolute Gasteiger partial charge is 0.143 e. The fourth-order valence-corrected chi connectivity index (χ4v) is 2.07. The van der Waals surface area contributed by atoms with Gasteiger partial charge in [-0.25, -0.2) is 9.07 Å². The molecular formula is C15H14FN5. The van der Waals surface area contributed by atoms with E-state index in [2.05, 4.69) is 20.8 Å². The number of benzene rings is 2. The quantitative estimate of drug-likeness (QED) is 0.800. The van der Waals surface area contributed by atoms with Crippen molar-refractivity contribution in [3.05, 3.63) is 65.7 Å². The molecule has 0 atom stereocenters. The van der Waals surface area contributed by atoms with Gasteiger partial charge in [0.15, 0.2) is 0 Å². The molecule has 0 aliphatic carbocycles. The van der Waals surface area contributed by atoms with Crippen LogP contribution < -0.4 is 5.32 Å². The minimum atomic E-state index is -0.204. The maximum Gasteiger partial charge on any atom is 0.143 e. The summed E-state index contributed by atoms with van der Waals surface area (Å²) in [7, 11) is 0. The minimum Gasteiger partial charge on any atom is -0.381 e. The Morgan fingerprint density at radius 2 is 2.10 bits per heavy atom. The van der Waals surface area contributed by atoms with Gasteiger partial charge in [-0.2, -0.15) is 0 Å². The Bertz CT molecular complexity index is 740. The summed E-state index contributed by atoms with van der Waals surface area (Å²) in [6.07, 6.45) is 1.53. The van der Waals surface area contributed by atoms with Crippen molar-refractivity contribution in [3.8, 4) is 5.69 Å².